The standard InChI is InChI=1S/C27H35N3O7/c1-2-35-25(33)14-28-27(34)29-21-5-3-4-20(12-21)26-36-23(16-30-11-10-22(32)15-30)13-24(37-26)19-8-6-18(17-31)7-9-19/h3-9,12,22-24,26,31-32H,2,10-11,13-17H2,1H3,(H2,28,29,34)/t22-,23-,24+,26+/m0/s1. The van der Waals surface area contributed by atoms with Gasteiger partial charge < -0.3 is 35.1 Å². The molecule has 2 aromatic carbocycles. The Hall–Kier alpha value is -3.02. The Morgan fingerprint density at radius 1 is 1.14 bits per heavy atom. The number of amides is 2. The average molecular weight is 514 g/mol. The Morgan fingerprint density at radius 3 is 2.65 bits per heavy atom. The molecule has 2 fully saturated rings. The molecule has 4 atom stereocenters. The zero-order valence-electron chi connectivity index (χ0n) is 21.0. The average Bonchev–Trinajstić information content (AvgIpc) is 3.32. The number of nitrogens with zero attached hydrogens (tertiary/aromatic N) is 1. The first-order valence-corrected chi connectivity index (χ1v) is 12.6. The molecule has 0 radical (unpaired) electrons. The SMILES string of the molecule is CCOC(=O)CNC(=O)Nc1cccc([C@@H]2O[C@H](CN3CC[C@H](O)C3)C[C@H](c3ccc(CO)cc3)O2)c1. The van der Waals surface area contributed by atoms with Crippen LogP contribution in [0.15, 0.2) is 48.5 Å². The van der Waals surface area contributed by atoms with Crippen LogP contribution in [0.1, 0.15) is 48.8 Å². The van der Waals surface area contributed by atoms with Gasteiger partial charge >= 0.3 is 12.0 Å². The number of carbonyl (C=O) groups is 2. The number of esters is 1. The molecule has 10 heteroatoms. The summed E-state index contributed by atoms with van der Waals surface area (Å²) in [5.41, 5.74) is 3.09. The largest absolute Gasteiger partial charge is 0.465 e. The van der Waals surface area contributed by atoms with E-state index in [2.05, 4.69) is 15.5 Å². The van der Waals surface area contributed by atoms with Gasteiger partial charge in [-0.15, -0.1) is 0 Å². The number of aliphatic hydroxyl groups excluding tert-OH is 2. The third kappa shape index (κ3) is 7.73. The highest BCUT2D eigenvalue weighted by Gasteiger charge is 2.34. The number of likely N-dealkylation sites (tertiary alicyclic amines) is 1. The van der Waals surface area contributed by atoms with Crippen LogP contribution in [-0.2, 0) is 25.6 Å². The predicted octanol–water partition coefficient (Wildman–Crippen LogP) is 2.48. The summed E-state index contributed by atoms with van der Waals surface area (Å²) in [6.45, 7) is 3.83. The first-order chi connectivity index (χ1) is 17.9. The third-order valence-electron chi connectivity index (χ3n) is 6.44. The van der Waals surface area contributed by atoms with Gasteiger partial charge in [-0.3, -0.25) is 9.69 Å². The first-order valence-electron chi connectivity index (χ1n) is 12.6. The van der Waals surface area contributed by atoms with Gasteiger partial charge in [0.05, 0.1) is 31.5 Å². The fourth-order valence-corrected chi connectivity index (χ4v) is 4.60. The topological polar surface area (TPSA) is 130 Å². The van der Waals surface area contributed by atoms with E-state index in [1.807, 2.05) is 30.3 Å². The molecule has 0 aliphatic carbocycles. The van der Waals surface area contributed by atoms with E-state index >= 15 is 0 Å². The summed E-state index contributed by atoms with van der Waals surface area (Å²) in [5.74, 6) is -0.509. The molecule has 2 aliphatic heterocycles. The molecule has 4 N–H and O–H groups in total. The van der Waals surface area contributed by atoms with Crippen molar-refractivity contribution in [2.24, 2.45) is 0 Å². The number of rotatable bonds is 9. The maximum Gasteiger partial charge on any atom is 0.325 e. The summed E-state index contributed by atoms with van der Waals surface area (Å²) in [7, 11) is 0. The Kier molecular flexibility index (Phi) is 9.48. The van der Waals surface area contributed by atoms with Gasteiger partial charge in [0.15, 0.2) is 6.29 Å². The van der Waals surface area contributed by atoms with Crippen molar-refractivity contribution in [2.75, 3.05) is 38.1 Å². The Labute approximate surface area is 216 Å². The lowest BCUT2D eigenvalue weighted by atomic mass is 9.99. The fraction of sp³-hybridized carbons (Fsp3) is 0.481. The summed E-state index contributed by atoms with van der Waals surface area (Å²) >= 11 is 0. The maximum absolute atomic E-state index is 12.2. The zero-order chi connectivity index (χ0) is 26.2. The van der Waals surface area contributed by atoms with E-state index in [4.69, 9.17) is 14.2 Å². The highest BCUT2D eigenvalue weighted by Crippen LogP contribution is 2.38. The fourth-order valence-electron chi connectivity index (χ4n) is 4.60. The lowest BCUT2D eigenvalue weighted by Gasteiger charge is -2.38. The van der Waals surface area contributed by atoms with Gasteiger partial charge in [0.1, 0.15) is 6.54 Å². The van der Waals surface area contributed by atoms with Gasteiger partial charge in [0.2, 0.25) is 0 Å². The van der Waals surface area contributed by atoms with Crippen molar-refractivity contribution in [1.29, 1.82) is 0 Å². The minimum atomic E-state index is -0.668. The summed E-state index contributed by atoms with van der Waals surface area (Å²) in [6.07, 6.45) is 0.0679. The molecule has 2 heterocycles. The van der Waals surface area contributed by atoms with Gasteiger partial charge in [0, 0.05) is 37.3 Å². The second-order valence-electron chi connectivity index (χ2n) is 9.29. The van der Waals surface area contributed by atoms with Crippen LogP contribution in [0.25, 0.3) is 0 Å². The van der Waals surface area contributed by atoms with Crippen molar-refractivity contribution in [3.63, 3.8) is 0 Å². The van der Waals surface area contributed by atoms with Crippen molar-refractivity contribution < 1.29 is 34.0 Å². The highest BCUT2D eigenvalue weighted by molar-refractivity contribution is 5.91. The van der Waals surface area contributed by atoms with E-state index in [-0.39, 0.29) is 38.1 Å². The molecule has 2 aromatic rings. The number of β-amino-alcohol motifs (C(OH)–C–C–N with tert-alkyl or cyclic N) is 1. The van der Waals surface area contributed by atoms with Crippen LogP contribution in [0.3, 0.4) is 0 Å². The monoisotopic (exact) mass is 513 g/mol. The van der Waals surface area contributed by atoms with Crippen molar-refractivity contribution in [3.8, 4) is 0 Å². The maximum atomic E-state index is 12.2. The lowest BCUT2D eigenvalue weighted by molar-refractivity contribution is -0.252. The smallest absolute Gasteiger partial charge is 0.325 e. The van der Waals surface area contributed by atoms with Crippen molar-refractivity contribution >= 4 is 17.7 Å². The molecule has 37 heavy (non-hydrogen) atoms. The van der Waals surface area contributed by atoms with Crippen LogP contribution < -0.4 is 10.6 Å². The molecule has 0 bridgehead atoms. The van der Waals surface area contributed by atoms with Gasteiger partial charge in [0.25, 0.3) is 0 Å². The van der Waals surface area contributed by atoms with Gasteiger partial charge in [-0.05, 0) is 36.6 Å². The number of ether oxygens (including phenoxy) is 3. The molecule has 10 nitrogen and oxygen atoms in total. The molecule has 0 unspecified atom stereocenters. The number of anilines is 1. The molecule has 200 valence electrons. The summed E-state index contributed by atoms with van der Waals surface area (Å²) in [5, 5.41) is 24.5. The van der Waals surface area contributed by atoms with Crippen LogP contribution >= 0.6 is 0 Å². The molecule has 0 saturated carbocycles. The first kappa shape index (κ1) is 27.0. The van der Waals surface area contributed by atoms with Crippen LogP contribution in [0, 0.1) is 0 Å². The van der Waals surface area contributed by atoms with E-state index in [1.165, 1.54) is 0 Å². The highest BCUT2D eigenvalue weighted by atomic mass is 16.7. The number of urea groups is 1. The number of hydrogen-bond donors (Lipinski definition) is 4. The molecule has 0 aromatic heterocycles. The van der Waals surface area contributed by atoms with Crippen LogP contribution in [0.2, 0.25) is 0 Å². The molecule has 4 rings (SSSR count). The van der Waals surface area contributed by atoms with Gasteiger partial charge in [-0.2, -0.15) is 0 Å². The van der Waals surface area contributed by atoms with Crippen molar-refractivity contribution in [2.45, 2.75) is 51.0 Å². The van der Waals surface area contributed by atoms with E-state index in [9.17, 15) is 19.8 Å². The van der Waals surface area contributed by atoms with Crippen LogP contribution in [0.4, 0.5) is 10.5 Å². The molecular formula is C27H35N3O7. The number of carbonyl (C=O) groups excluding carboxylic acids is 2. The number of aliphatic hydroxyl groups is 2. The van der Waals surface area contributed by atoms with Crippen LogP contribution in [-0.4, -0.2) is 72.1 Å². The molecule has 2 aliphatic rings. The van der Waals surface area contributed by atoms with Crippen molar-refractivity contribution in [1.82, 2.24) is 10.2 Å². The summed E-state index contributed by atoms with van der Waals surface area (Å²) in [6, 6.07) is 14.4. The minimum absolute atomic E-state index is 0.0232. The van der Waals surface area contributed by atoms with Crippen LogP contribution in [0.5, 0.6) is 0 Å². The molecule has 2 saturated heterocycles. The second-order valence-corrected chi connectivity index (χ2v) is 9.29. The predicted molar refractivity (Wildman–Crippen MR) is 136 cm³/mol. The normalized spacial score (nSPS) is 24.0. The van der Waals surface area contributed by atoms with E-state index < -0.39 is 18.3 Å². The number of benzene rings is 2. The Balaban J connectivity index is 1.46. The molecule has 2 amide bonds. The third-order valence-corrected chi connectivity index (χ3v) is 6.44. The van der Waals surface area contributed by atoms with Gasteiger partial charge in [-0.25, -0.2) is 4.79 Å². The van der Waals surface area contributed by atoms with Gasteiger partial charge in [-0.1, -0.05) is 36.4 Å². The van der Waals surface area contributed by atoms with E-state index in [0.717, 1.165) is 29.7 Å². The number of nitrogens with one attached hydrogen (secondary N) is 2. The Morgan fingerprint density at radius 2 is 1.95 bits per heavy atom. The molecular weight excluding hydrogens is 478 g/mol. The second kappa shape index (κ2) is 13.0. The molecule has 0 spiro atoms. The summed E-state index contributed by atoms with van der Waals surface area (Å²) < 4.78 is 17.5. The lowest BCUT2D eigenvalue weighted by Crippen LogP contribution is -2.38. The van der Waals surface area contributed by atoms with E-state index in [1.54, 1.807) is 25.1 Å². The quantitative estimate of drug-likeness (QED) is 0.377. The Bertz CT molecular complexity index is 1050. The van der Waals surface area contributed by atoms with E-state index in [0.29, 0.717) is 25.2 Å². The van der Waals surface area contributed by atoms with Crippen molar-refractivity contribution in [3.05, 3.63) is 65.2 Å². The zero-order valence-corrected chi connectivity index (χ0v) is 21.0. The minimum Gasteiger partial charge on any atom is -0.465 e. The number of hydrogen-bond acceptors (Lipinski definition) is 8. The summed E-state index contributed by atoms with van der Waals surface area (Å²) in [4.78, 5) is 25.9.